The second-order valence-electron chi connectivity index (χ2n) is 5.46. The molecule has 1 aliphatic rings. The van der Waals surface area contributed by atoms with Crippen molar-refractivity contribution in [3.63, 3.8) is 0 Å². The summed E-state index contributed by atoms with van der Waals surface area (Å²) < 4.78 is 5.24. The predicted molar refractivity (Wildman–Crippen MR) is 73.0 cm³/mol. The van der Waals surface area contributed by atoms with Crippen molar-refractivity contribution in [3.8, 4) is 12.3 Å². The lowest BCUT2D eigenvalue weighted by Crippen LogP contribution is -2.56. The lowest BCUT2D eigenvalue weighted by molar-refractivity contribution is -0.153. The number of terminal acetylenes is 1. The Balaban J connectivity index is 2.82. The van der Waals surface area contributed by atoms with Crippen molar-refractivity contribution in [2.45, 2.75) is 52.0 Å². The predicted octanol–water partition coefficient (Wildman–Crippen LogP) is 2.36. The standard InChI is InChI=1S/C15H25NO2/c1-5-10-16-15(14(17)18-6-2)9-7-8-13(11-15)12(3)4/h1,12-13,16H,6-11H2,2-4H3. The van der Waals surface area contributed by atoms with Crippen LogP contribution >= 0.6 is 0 Å². The summed E-state index contributed by atoms with van der Waals surface area (Å²) in [5, 5.41) is 3.24. The van der Waals surface area contributed by atoms with Crippen molar-refractivity contribution in [2.24, 2.45) is 11.8 Å². The average Bonchev–Trinajstić information content (AvgIpc) is 2.37. The number of esters is 1. The van der Waals surface area contributed by atoms with E-state index in [1.165, 1.54) is 6.42 Å². The minimum absolute atomic E-state index is 0.134. The molecule has 1 fully saturated rings. The van der Waals surface area contributed by atoms with Crippen LogP contribution in [0.5, 0.6) is 0 Å². The summed E-state index contributed by atoms with van der Waals surface area (Å²) in [5.74, 6) is 3.58. The Morgan fingerprint density at radius 3 is 2.89 bits per heavy atom. The highest BCUT2D eigenvalue weighted by Gasteiger charge is 2.44. The fraction of sp³-hybridized carbons (Fsp3) is 0.800. The number of hydrogen-bond donors (Lipinski definition) is 1. The Kier molecular flexibility index (Phi) is 5.68. The van der Waals surface area contributed by atoms with Crippen molar-refractivity contribution in [2.75, 3.05) is 13.2 Å². The van der Waals surface area contributed by atoms with E-state index in [4.69, 9.17) is 11.2 Å². The summed E-state index contributed by atoms with van der Waals surface area (Å²) in [6.45, 7) is 7.12. The zero-order chi connectivity index (χ0) is 13.6. The van der Waals surface area contributed by atoms with E-state index < -0.39 is 5.54 Å². The van der Waals surface area contributed by atoms with E-state index in [2.05, 4.69) is 25.1 Å². The van der Waals surface area contributed by atoms with Gasteiger partial charge in [0.15, 0.2) is 0 Å². The third kappa shape index (κ3) is 3.49. The molecule has 2 atom stereocenters. The molecule has 1 N–H and O–H groups in total. The maximum absolute atomic E-state index is 12.2. The lowest BCUT2D eigenvalue weighted by Gasteiger charge is -2.40. The minimum Gasteiger partial charge on any atom is -0.465 e. The van der Waals surface area contributed by atoms with Gasteiger partial charge in [-0.3, -0.25) is 10.1 Å². The van der Waals surface area contributed by atoms with E-state index in [1.54, 1.807) is 0 Å². The van der Waals surface area contributed by atoms with Crippen LogP contribution in [0.15, 0.2) is 0 Å². The van der Waals surface area contributed by atoms with Crippen molar-refractivity contribution < 1.29 is 9.53 Å². The second kappa shape index (κ2) is 6.80. The maximum atomic E-state index is 12.2. The van der Waals surface area contributed by atoms with Crippen molar-refractivity contribution in [1.82, 2.24) is 5.32 Å². The van der Waals surface area contributed by atoms with Gasteiger partial charge < -0.3 is 4.74 Å². The van der Waals surface area contributed by atoms with Gasteiger partial charge in [-0.2, -0.15) is 0 Å². The highest BCUT2D eigenvalue weighted by molar-refractivity contribution is 5.81. The first-order chi connectivity index (χ1) is 8.55. The van der Waals surface area contributed by atoms with E-state index in [-0.39, 0.29) is 5.97 Å². The molecular formula is C15H25NO2. The third-order valence-corrected chi connectivity index (χ3v) is 3.93. The first kappa shape index (κ1) is 15.0. The van der Waals surface area contributed by atoms with E-state index in [0.29, 0.717) is 25.0 Å². The number of ether oxygens (including phenoxy) is 1. The molecule has 0 saturated heterocycles. The Morgan fingerprint density at radius 1 is 1.61 bits per heavy atom. The molecule has 102 valence electrons. The van der Waals surface area contributed by atoms with Crippen LogP contribution in [0.4, 0.5) is 0 Å². The molecule has 3 heteroatoms. The second-order valence-corrected chi connectivity index (χ2v) is 5.46. The molecule has 3 nitrogen and oxygen atoms in total. The van der Waals surface area contributed by atoms with Gasteiger partial charge in [0, 0.05) is 0 Å². The minimum atomic E-state index is -0.560. The molecule has 0 aromatic rings. The highest BCUT2D eigenvalue weighted by atomic mass is 16.5. The van der Waals surface area contributed by atoms with Gasteiger partial charge in [-0.1, -0.05) is 32.6 Å². The van der Waals surface area contributed by atoms with Crippen LogP contribution in [-0.4, -0.2) is 24.7 Å². The van der Waals surface area contributed by atoms with Gasteiger partial charge in [0.1, 0.15) is 5.54 Å². The lowest BCUT2D eigenvalue weighted by atomic mass is 9.71. The number of hydrogen-bond acceptors (Lipinski definition) is 3. The molecule has 1 rings (SSSR count). The normalized spacial score (nSPS) is 27.8. The summed E-state index contributed by atoms with van der Waals surface area (Å²) in [6.07, 6.45) is 9.22. The van der Waals surface area contributed by atoms with Gasteiger partial charge in [0.2, 0.25) is 0 Å². The molecule has 18 heavy (non-hydrogen) atoms. The van der Waals surface area contributed by atoms with Crippen LogP contribution < -0.4 is 5.32 Å². The van der Waals surface area contributed by atoms with Gasteiger partial charge in [-0.15, -0.1) is 6.42 Å². The third-order valence-electron chi connectivity index (χ3n) is 3.93. The van der Waals surface area contributed by atoms with Gasteiger partial charge in [0.05, 0.1) is 13.2 Å². The maximum Gasteiger partial charge on any atom is 0.326 e. The van der Waals surface area contributed by atoms with Gasteiger partial charge >= 0.3 is 5.97 Å². The van der Waals surface area contributed by atoms with E-state index >= 15 is 0 Å². The SMILES string of the molecule is C#CCNC1(C(=O)OCC)CCCC(C(C)C)C1. The summed E-state index contributed by atoms with van der Waals surface area (Å²) >= 11 is 0. The summed E-state index contributed by atoms with van der Waals surface area (Å²) in [5.41, 5.74) is -0.560. The number of rotatable bonds is 5. The number of carbonyl (C=O) groups is 1. The average molecular weight is 251 g/mol. The van der Waals surface area contributed by atoms with Crippen LogP contribution in [0.25, 0.3) is 0 Å². The fourth-order valence-electron chi connectivity index (χ4n) is 2.79. The Hall–Kier alpha value is -1.01. The van der Waals surface area contributed by atoms with E-state index in [0.717, 1.165) is 19.3 Å². The van der Waals surface area contributed by atoms with Crippen LogP contribution in [0.1, 0.15) is 46.5 Å². The Morgan fingerprint density at radius 2 is 2.33 bits per heavy atom. The molecule has 0 radical (unpaired) electrons. The first-order valence-corrected chi connectivity index (χ1v) is 6.91. The molecule has 0 aliphatic heterocycles. The Labute approximate surface area is 111 Å². The van der Waals surface area contributed by atoms with Crippen LogP contribution in [-0.2, 0) is 9.53 Å². The molecule has 0 aromatic carbocycles. The molecule has 0 aromatic heterocycles. The first-order valence-electron chi connectivity index (χ1n) is 6.91. The topological polar surface area (TPSA) is 38.3 Å². The van der Waals surface area contributed by atoms with Crippen molar-refractivity contribution in [3.05, 3.63) is 0 Å². The van der Waals surface area contributed by atoms with Gasteiger partial charge in [-0.25, -0.2) is 0 Å². The molecule has 0 bridgehead atoms. The molecule has 0 heterocycles. The zero-order valence-electron chi connectivity index (χ0n) is 11.8. The smallest absolute Gasteiger partial charge is 0.326 e. The monoisotopic (exact) mass is 251 g/mol. The molecule has 1 aliphatic carbocycles. The van der Waals surface area contributed by atoms with E-state index in [9.17, 15) is 4.79 Å². The highest BCUT2D eigenvalue weighted by Crippen LogP contribution is 2.37. The quantitative estimate of drug-likeness (QED) is 0.602. The van der Waals surface area contributed by atoms with Crippen LogP contribution in [0, 0.1) is 24.2 Å². The largest absolute Gasteiger partial charge is 0.465 e. The van der Waals surface area contributed by atoms with Crippen LogP contribution in [0.3, 0.4) is 0 Å². The summed E-state index contributed by atoms with van der Waals surface area (Å²) in [4.78, 5) is 12.2. The summed E-state index contributed by atoms with van der Waals surface area (Å²) in [6, 6.07) is 0. The van der Waals surface area contributed by atoms with Gasteiger partial charge in [-0.05, 0) is 31.6 Å². The van der Waals surface area contributed by atoms with E-state index in [1.807, 2.05) is 6.92 Å². The molecule has 1 saturated carbocycles. The molecular weight excluding hydrogens is 226 g/mol. The zero-order valence-corrected chi connectivity index (χ0v) is 11.8. The Bertz CT molecular complexity index is 319. The number of nitrogens with one attached hydrogen (secondary N) is 1. The van der Waals surface area contributed by atoms with Gasteiger partial charge in [0.25, 0.3) is 0 Å². The molecule has 0 spiro atoms. The van der Waals surface area contributed by atoms with Crippen LogP contribution in [0.2, 0.25) is 0 Å². The number of carbonyl (C=O) groups excluding carboxylic acids is 1. The van der Waals surface area contributed by atoms with Crippen molar-refractivity contribution >= 4 is 5.97 Å². The molecule has 2 unspecified atom stereocenters. The fourth-order valence-corrected chi connectivity index (χ4v) is 2.79. The molecule has 0 amide bonds. The summed E-state index contributed by atoms with van der Waals surface area (Å²) in [7, 11) is 0. The van der Waals surface area contributed by atoms with Crippen molar-refractivity contribution in [1.29, 1.82) is 0 Å².